The molecular formula is C16H17NO. The molecule has 0 saturated heterocycles. The van der Waals surface area contributed by atoms with Gasteiger partial charge >= 0.3 is 0 Å². The van der Waals surface area contributed by atoms with Crippen LogP contribution in [0.15, 0.2) is 42.5 Å². The van der Waals surface area contributed by atoms with E-state index in [9.17, 15) is 0 Å². The average molecular weight is 239 g/mol. The highest BCUT2D eigenvalue weighted by Crippen LogP contribution is 2.37. The lowest BCUT2D eigenvalue weighted by Gasteiger charge is -2.07. The van der Waals surface area contributed by atoms with Gasteiger partial charge in [-0.15, -0.1) is 0 Å². The minimum absolute atomic E-state index is 0.239. The molecule has 0 bridgehead atoms. The van der Waals surface area contributed by atoms with Crippen LogP contribution in [0.1, 0.15) is 17.5 Å². The molecule has 0 atom stereocenters. The SMILES string of the molecule is OCCCNc1ccc2c(c1)Cc1ccccc1-2. The maximum Gasteiger partial charge on any atom is 0.0447 e. The van der Waals surface area contributed by atoms with Crippen LogP contribution in [0, 0.1) is 0 Å². The lowest BCUT2D eigenvalue weighted by molar-refractivity contribution is 0.292. The van der Waals surface area contributed by atoms with Crippen LogP contribution >= 0.6 is 0 Å². The molecule has 1 aliphatic rings. The Kier molecular flexibility index (Phi) is 3.03. The Morgan fingerprint density at radius 2 is 1.83 bits per heavy atom. The highest BCUT2D eigenvalue weighted by Gasteiger charge is 2.17. The van der Waals surface area contributed by atoms with Crippen molar-refractivity contribution in [3.8, 4) is 11.1 Å². The molecule has 2 aromatic carbocycles. The molecule has 2 N–H and O–H groups in total. The molecule has 0 fully saturated rings. The fourth-order valence-electron chi connectivity index (χ4n) is 2.57. The second-order valence-electron chi connectivity index (χ2n) is 4.71. The van der Waals surface area contributed by atoms with Gasteiger partial charge in [0.2, 0.25) is 0 Å². The largest absolute Gasteiger partial charge is 0.396 e. The Bertz CT molecular complexity index is 563. The standard InChI is InChI=1S/C16H17NO/c18-9-3-8-17-14-6-7-16-13(11-14)10-12-4-1-2-5-15(12)16/h1-2,4-7,11,17-18H,3,8-10H2. The maximum absolute atomic E-state index is 8.78. The summed E-state index contributed by atoms with van der Waals surface area (Å²) in [4.78, 5) is 0. The summed E-state index contributed by atoms with van der Waals surface area (Å²) in [6, 6.07) is 15.1. The molecule has 92 valence electrons. The van der Waals surface area contributed by atoms with Gasteiger partial charge in [-0.3, -0.25) is 0 Å². The van der Waals surface area contributed by atoms with Gasteiger partial charge in [0.05, 0.1) is 0 Å². The van der Waals surface area contributed by atoms with Gasteiger partial charge < -0.3 is 10.4 Å². The third-order valence-corrected chi connectivity index (χ3v) is 3.46. The number of anilines is 1. The van der Waals surface area contributed by atoms with Gasteiger partial charge in [0, 0.05) is 18.8 Å². The van der Waals surface area contributed by atoms with E-state index < -0.39 is 0 Å². The van der Waals surface area contributed by atoms with E-state index in [0.29, 0.717) is 0 Å². The van der Waals surface area contributed by atoms with Crippen molar-refractivity contribution in [2.24, 2.45) is 0 Å². The summed E-state index contributed by atoms with van der Waals surface area (Å²) < 4.78 is 0. The Morgan fingerprint density at radius 3 is 2.72 bits per heavy atom. The molecule has 0 radical (unpaired) electrons. The summed E-state index contributed by atoms with van der Waals surface area (Å²) in [5.41, 5.74) is 6.69. The zero-order valence-corrected chi connectivity index (χ0v) is 10.3. The number of nitrogens with one attached hydrogen (secondary N) is 1. The first-order valence-electron chi connectivity index (χ1n) is 6.44. The van der Waals surface area contributed by atoms with Crippen molar-refractivity contribution in [3.63, 3.8) is 0 Å². The van der Waals surface area contributed by atoms with E-state index >= 15 is 0 Å². The van der Waals surface area contributed by atoms with E-state index in [1.807, 2.05) is 0 Å². The number of aliphatic hydroxyl groups is 1. The molecule has 3 rings (SSSR count). The highest BCUT2D eigenvalue weighted by molar-refractivity contribution is 5.78. The van der Waals surface area contributed by atoms with Gasteiger partial charge in [-0.25, -0.2) is 0 Å². The molecule has 2 heteroatoms. The molecule has 0 heterocycles. The predicted molar refractivity (Wildman–Crippen MR) is 74.9 cm³/mol. The average Bonchev–Trinajstić information content (AvgIpc) is 2.76. The number of rotatable bonds is 4. The van der Waals surface area contributed by atoms with Crippen LogP contribution in [-0.4, -0.2) is 18.3 Å². The lowest BCUT2D eigenvalue weighted by Crippen LogP contribution is -2.03. The Hall–Kier alpha value is -1.80. The van der Waals surface area contributed by atoms with Crippen LogP contribution in [0.3, 0.4) is 0 Å². The van der Waals surface area contributed by atoms with Gasteiger partial charge in [-0.2, -0.15) is 0 Å². The molecule has 2 aromatic rings. The van der Waals surface area contributed by atoms with E-state index in [2.05, 4.69) is 47.8 Å². The van der Waals surface area contributed by atoms with Crippen molar-refractivity contribution < 1.29 is 5.11 Å². The van der Waals surface area contributed by atoms with Crippen LogP contribution in [-0.2, 0) is 6.42 Å². The number of hydrogen-bond acceptors (Lipinski definition) is 2. The van der Waals surface area contributed by atoms with Crippen LogP contribution in [0.2, 0.25) is 0 Å². The molecule has 0 spiro atoms. The van der Waals surface area contributed by atoms with Crippen LogP contribution < -0.4 is 5.32 Å². The zero-order valence-electron chi connectivity index (χ0n) is 10.3. The molecular weight excluding hydrogens is 222 g/mol. The van der Waals surface area contributed by atoms with Crippen LogP contribution in [0.5, 0.6) is 0 Å². The summed E-state index contributed by atoms with van der Waals surface area (Å²) >= 11 is 0. The third-order valence-electron chi connectivity index (χ3n) is 3.46. The first kappa shape index (κ1) is 11.3. The van der Waals surface area contributed by atoms with E-state index in [1.54, 1.807) is 0 Å². The zero-order chi connectivity index (χ0) is 12.4. The van der Waals surface area contributed by atoms with E-state index in [4.69, 9.17) is 5.11 Å². The number of benzene rings is 2. The van der Waals surface area contributed by atoms with Crippen molar-refractivity contribution in [1.29, 1.82) is 0 Å². The first-order chi connectivity index (χ1) is 8.88. The van der Waals surface area contributed by atoms with Crippen molar-refractivity contribution in [1.82, 2.24) is 0 Å². The molecule has 1 aliphatic carbocycles. The number of aliphatic hydroxyl groups excluding tert-OH is 1. The fraction of sp³-hybridized carbons (Fsp3) is 0.250. The van der Waals surface area contributed by atoms with Gasteiger partial charge in [0.25, 0.3) is 0 Å². The van der Waals surface area contributed by atoms with Crippen LogP contribution in [0.25, 0.3) is 11.1 Å². The number of fused-ring (bicyclic) bond motifs is 3. The Morgan fingerprint density at radius 1 is 1.00 bits per heavy atom. The third kappa shape index (κ3) is 2.00. The van der Waals surface area contributed by atoms with Gasteiger partial charge in [-0.1, -0.05) is 30.3 Å². The fourth-order valence-corrected chi connectivity index (χ4v) is 2.57. The smallest absolute Gasteiger partial charge is 0.0447 e. The monoisotopic (exact) mass is 239 g/mol. The minimum Gasteiger partial charge on any atom is -0.396 e. The summed E-state index contributed by atoms with van der Waals surface area (Å²) in [5, 5.41) is 12.1. The highest BCUT2D eigenvalue weighted by atomic mass is 16.3. The lowest BCUT2D eigenvalue weighted by atomic mass is 10.1. The molecule has 0 aromatic heterocycles. The molecule has 0 unspecified atom stereocenters. The second kappa shape index (κ2) is 4.83. The Balaban J connectivity index is 1.84. The molecule has 2 nitrogen and oxygen atoms in total. The quantitative estimate of drug-likeness (QED) is 0.686. The number of hydrogen-bond donors (Lipinski definition) is 2. The normalized spacial score (nSPS) is 12.1. The molecule has 18 heavy (non-hydrogen) atoms. The summed E-state index contributed by atoms with van der Waals surface area (Å²) in [5.74, 6) is 0. The van der Waals surface area contributed by atoms with E-state index in [0.717, 1.165) is 25.1 Å². The summed E-state index contributed by atoms with van der Waals surface area (Å²) in [6.07, 6.45) is 1.82. The molecule has 0 saturated carbocycles. The van der Waals surface area contributed by atoms with Crippen molar-refractivity contribution in [3.05, 3.63) is 53.6 Å². The summed E-state index contributed by atoms with van der Waals surface area (Å²) in [7, 11) is 0. The van der Waals surface area contributed by atoms with Crippen molar-refractivity contribution in [2.75, 3.05) is 18.5 Å². The van der Waals surface area contributed by atoms with E-state index in [1.165, 1.54) is 22.3 Å². The first-order valence-corrected chi connectivity index (χ1v) is 6.44. The van der Waals surface area contributed by atoms with Crippen LogP contribution in [0.4, 0.5) is 5.69 Å². The Labute approximate surface area is 107 Å². The van der Waals surface area contributed by atoms with E-state index in [-0.39, 0.29) is 6.61 Å². The predicted octanol–water partition coefficient (Wildman–Crippen LogP) is 3.05. The minimum atomic E-state index is 0.239. The topological polar surface area (TPSA) is 32.3 Å². The summed E-state index contributed by atoms with van der Waals surface area (Å²) in [6.45, 7) is 1.06. The maximum atomic E-state index is 8.78. The van der Waals surface area contributed by atoms with Gasteiger partial charge in [-0.05, 0) is 47.2 Å². The van der Waals surface area contributed by atoms with Crippen molar-refractivity contribution >= 4 is 5.69 Å². The second-order valence-corrected chi connectivity index (χ2v) is 4.71. The molecule has 0 aliphatic heterocycles. The van der Waals surface area contributed by atoms with Gasteiger partial charge in [0.1, 0.15) is 0 Å². The molecule has 0 amide bonds. The van der Waals surface area contributed by atoms with Gasteiger partial charge in [0.15, 0.2) is 0 Å². The van der Waals surface area contributed by atoms with Crippen molar-refractivity contribution in [2.45, 2.75) is 12.8 Å².